The Hall–Kier alpha value is -7.87. The van der Waals surface area contributed by atoms with Crippen LogP contribution in [0.1, 0.15) is 51.6 Å². The zero-order valence-corrected chi connectivity index (χ0v) is 37.7. The van der Waals surface area contributed by atoms with Crippen LogP contribution in [0.15, 0.2) is 158 Å². The van der Waals surface area contributed by atoms with Gasteiger partial charge in [-0.15, -0.1) is 0 Å². The molecular formula is C61H48N4. The smallest absolute Gasteiger partial charge is 0.104 e. The van der Waals surface area contributed by atoms with Gasteiger partial charge in [-0.05, 0) is 130 Å². The van der Waals surface area contributed by atoms with Crippen molar-refractivity contribution in [2.45, 2.75) is 48.0 Å². The maximum atomic E-state index is 12.4. The van der Waals surface area contributed by atoms with Crippen LogP contribution >= 0.6 is 0 Å². The lowest BCUT2D eigenvalue weighted by molar-refractivity contribution is 0.717. The largest absolute Gasteiger partial charge is 0.308 e. The molecule has 1 atom stereocenters. The number of nitriles is 1. The van der Waals surface area contributed by atoms with Gasteiger partial charge in [0.1, 0.15) is 11.6 Å². The van der Waals surface area contributed by atoms with Gasteiger partial charge >= 0.3 is 0 Å². The van der Waals surface area contributed by atoms with E-state index in [1.807, 2.05) is 0 Å². The monoisotopic (exact) mass is 836 g/mol. The van der Waals surface area contributed by atoms with E-state index in [1.54, 1.807) is 0 Å². The number of hydrogen-bond donors (Lipinski definition) is 0. The Balaban J connectivity index is 1.43. The highest BCUT2D eigenvalue weighted by Crippen LogP contribution is 2.52. The zero-order chi connectivity index (χ0) is 44.2. The minimum Gasteiger partial charge on any atom is -0.308 e. The van der Waals surface area contributed by atoms with Gasteiger partial charge in [0.2, 0.25) is 0 Å². The maximum Gasteiger partial charge on any atom is 0.104 e. The Morgan fingerprint density at radius 3 is 1.23 bits per heavy atom. The number of aryl methyl sites for hydroxylation is 5. The molecule has 0 radical (unpaired) electrons. The number of fused-ring (bicyclic) bond motifs is 9. The molecule has 11 aromatic rings. The molecule has 0 saturated carbocycles. The molecule has 4 heteroatoms. The highest BCUT2D eigenvalue weighted by Gasteiger charge is 2.34. The number of allylic oxidation sites excluding steroid dienone is 1. The van der Waals surface area contributed by atoms with E-state index in [-0.39, 0.29) is 0 Å². The fourth-order valence-corrected chi connectivity index (χ4v) is 11.0. The molecule has 3 aromatic heterocycles. The van der Waals surface area contributed by atoms with Gasteiger partial charge in [0.15, 0.2) is 0 Å². The molecule has 8 aromatic carbocycles. The van der Waals surface area contributed by atoms with Crippen LogP contribution in [0, 0.1) is 51.9 Å². The van der Waals surface area contributed by atoms with Gasteiger partial charge < -0.3 is 13.7 Å². The standard InChI is InChI=1S/C61H48N4/c1-36-17-23-51-44(29-36)45-30-37(2)18-24-52(45)63(51)59-50(35-62)60(64-53-25-19-38(3)31-46(53)47-32-39(4)20-26-54(47)64)58(43-15-11-8-12-16-43)61(57(59)42-13-9-7-10-14-42)65-55-27-21-40(5)33-48(55)49-34-41(6)22-28-56(49)65/h7-31,33-34,39H,32H2,1-6H3. The van der Waals surface area contributed by atoms with Gasteiger partial charge in [0.25, 0.3) is 0 Å². The van der Waals surface area contributed by atoms with Gasteiger partial charge in [-0.25, -0.2) is 0 Å². The number of benzene rings is 8. The summed E-state index contributed by atoms with van der Waals surface area (Å²) >= 11 is 0. The van der Waals surface area contributed by atoms with Crippen LogP contribution in [0.2, 0.25) is 0 Å². The van der Waals surface area contributed by atoms with Crippen LogP contribution in [0.3, 0.4) is 0 Å². The first kappa shape index (κ1) is 38.8. The fourth-order valence-electron chi connectivity index (χ4n) is 11.0. The fraction of sp³-hybridized carbons (Fsp3) is 0.131. The van der Waals surface area contributed by atoms with Gasteiger partial charge in [-0.2, -0.15) is 5.26 Å². The van der Waals surface area contributed by atoms with Gasteiger partial charge in [0, 0.05) is 43.8 Å². The Morgan fingerprint density at radius 2 is 0.815 bits per heavy atom. The summed E-state index contributed by atoms with van der Waals surface area (Å²) in [4.78, 5) is 0. The summed E-state index contributed by atoms with van der Waals surface area (Å²) in [6.07, 6.45) is 5.58. The molecule has 0 saturated heterocycles. The summed E-state index contributed by atoms with van der Waals surface area (Å²) in [5.74, 6) is 0.381. The van der Waals surface area contributed by atoms with Gasteiger partial charge in [-0.3, -0.25) is 0 Å². The lowest BCUT2D eigenvalue weighted by Gasteiger charge is -2.29. The molecule has 0 bridgehead atoms. The number of rotatable bonds is 5. The molecular weight excluding hydrogens is 789 g/mol. The molecule has 0 amide bonds. The van der Waals surface area contributed by atoms with Crippen molar-refractivity contribution < 1.29 is 0 Å². The van der Waals surface area contributed by atoms with E-state index in [4.69, 9.17) is 0 Å². The molecule has 312 valence electrons. The van der Waals surface area contributed by atoms with Gasteiger partial charge in [-0.1, -0.05) is 132 Å². The van der Waals surface area contributed by atoms with E-state index in [2.05, 4.69) is 225 Å². The lowest BCUT2D eigenvalue weighted by atomic mass is 9.88. The van der Waals surface area contributed by atoms with Crippen molar-refractivity contribution in [3.05, 3.63) is 202 Å². The molecule has 12 rings (SSSR count). The van der Waals surface area contributed by atoms with E-state index in [1.165, 1.54) is 60.3 Å². The highest BCUT2D eigenvalue weighted by atomic mass is 15.1. The van der Waals surface area contributed by atoms with Crippen LogP contribution in [0.25, 0.3) is 99.9 Å². The predicted molar refractivity (Wildman–Crippen MR) is 273 cm³/mol. The van der Waals surface area contributed by atoms with Crippen LogP contribution in [-0.2, 0) is 6.42 Å². The normalized spacial score (nSPS) is 13.7. The summed E-state index contributed by atoms with van der Waals surface area (Å²) in [7, 11) is 0. The maximum absolute atomic E-state index is 12.4. The molecule has 3 heterocycles. The third-order valence-electron chi connectivity index (χ3n) is 13.9. The van der Waals surface area contributed by atoms with Crippen LogP contribution in [0.4, 0.5) is 0 Å². The number of aromatic nitrogens is 3. The van der Waals surface area contributed by atoms with Crippen molar-refractivity contribution in [3.8, 4) is 45.4 Å². The van der Waals surface area contributed by atoms with Crippen LogP contribution < -0.4 is 0 Å². The molecule has 1 unspecified atom stereocenters. The van der Waals surface area contributed by atoms with E-state index in [0.717, 1.165) is 79.0 Å². The second kappa shape index (κ2) is 14.6. The molecule has 0 aliphatic heterocycles. The summed E-state index contributed by atoms with van der Waals surface area (Å²) in [5.41, 5.74) is 21.4. The SMILES string of the molecule is Cc1ccc2c(c1)c1c(n2-c2c(C#N)c(-n3c4ccc(C)cc4c4cc(C)ccc43)c(-c3ccccc3)c(-n3c4ccc(C)cc4c4cc(C)ccc43)c2-c2ccccc2)C=CC(C)C1. The first-order chi connectivity index (χ1) is 31.7. The minimum atomic E-state index is 0.381. The molecule has 1 aliphatic rings. The third kappa shape index (κ3) is 5.82. The summed E-state index contributed by atoms with van der Waals surface area (Å²) in [6.45, 7) is 13.2. The summed E-state index contributed by atoms with van der Waals surface area (Å²) < 4.78 is 7.37. The average Bonchev–Trinajstić information content (AvgIpc) is 3.92. The second-order valence-corrected chi connectivity index (χ2v) is 18.5. The van der Waals surface area contributed by atoms with Crippen LogP contribution in [0.5, 0.6) is 0 Å². The zero-order valence-electron chi connectivity index (χ0n) is 37.7. The first-order valence-electron chi connectivity index (χ1n) is 22.8. The van der Waals surface area contributed by atoms with Crippen molar-refractivity contribution in [1.82, 2.24) is 13.7 Å². The minimum absolute atomic E-state index is 0.381. The van der Waals surface area contributed by atoms with Crippen molar-refractivity contribution in [1.29, 1.82) is 5.26 Å². The molecule has 0 fully saturated rings. The van der Waals surface area contributed by atoms with Crippen LogP contribution in [-0.4, -0.2) is 13.7 Å². The molecule has 0 spiro atoms. The van der Waals surface area contributed by atoms with E-state index < -0.39 is 0 Å². The Morgan fingerprint density at radius 1 is 0.446 bits per heavy atom. The Bertz CT molecular complexity index is 3750. The first-order valence-corrected chi connectivity index (χ1v) is 22.8. The third-order valence-corrected chi connectivity index (χ3v) is 13.9. The van der Waals surface area contributed by atoms with E-state index in [9.17, 15) is 5.26 Å². The molecule has 1 aliphatic carbocycles. The number of hydrogen-bond acceptors (Lipinski definition) is 1. The van der Waals surface area contributed by atoms with E-state index >= 15 is 0 Å². The van der Waals surface area contributed by atoms with Crippen molar-refractivity contribution in [3.63, 3.8) is 0 Å². The summed E-state index contributed by atoms with van der Waals surface area (Å²) in [5, 5.41) is 18.3. The molecule has 0 N–H and O–H groups in total. The highest BCUT2D eigenvalue weighted by molar-refractivity contribution is 6.15. The van der Waals surface area contributed by atoms with Gasteiger partial charge in [0.05, 0.1) is 44.6 Å². The van der Waals surface area contributed by atoms with Crippen molar-refractivity contribution in [2.75, 3.05) is 0 Å². The average molecular weight is 837 g/mol. The lowest BCUT2D eigenvalue weighted by Crippen LogP contribution is -2.14. The topological polar surface area (TPSA) is 38.6 Å². The second-order valence-electron chi connectivity index (χ2n) is 18.5. The predicted octanol–water partition coefficient (Wildman–Crippen LogP) is 15.8. The van der Waals surface area contributed by atoms with Crippen molar-refractivity contribution in [2.24, 2.45) is 5.92 Å². The Kier molecular flexibility index (Phi) is 8.70. The van der Waals surface area contributed by atoms with E-state index in [0.29, 0.717) is 11.5 Å². The Labute approximate surface area is 379 Å². The van der Waals surface area contributed by atoms with Crippen molar-refractivity contribution >= 4 is 60.6 Å². The molecule has 4 nitrogen and oxygen atoms in total. The quantitative estimate of drug-likeness (QED) is 0.170. The molecule has 65 heavy (non-hydrogen) atoms. The summed E-state index contributed by atoms with van der Waals surface area (Å²) in [6, 6.07) is 58.8. The number of nitrogens with zero attached hydrogens (tertiary/aromatic N) is 4.